The normalized spacial score (nSPS) is 18.5. The quantitative estimate of drug-likeness (QED) is 0.550. The van der Waals surface area contributed by atoms with Gasteiger partial charge in [-0.15, -0.1) is 0 Å². The molecule has 1 heterocycles. The largest absolute Gasteiger partial charge is 0.497 e. The van der Waals surface area contributed by atoms with Gasteiger partial charge in [-0.05, 0) is 44.4 Å². The van der Waals surface area contributed by atoms with Gasteiger partial charge in [-0.2, -0.15) is 0 Å². The Morgan fingerprint density at radius 3 is 2.81 bits per heavy atom. The van der Waals surface area contributed by atoms with E-state index in [4.69, 9.17) is 14.5 Å². The summed E-state index contributed by atoms with van der Waals surface area (Å²) in [6.07, 6.45) is 2.67. The Hall–Kier alpha value is -1.95. The molecule has 1 unspecified atom stereocenters. The second-order valence-electron chi connectivity index (χ2n) is 6.85. The molecule has 0 amide bonds. The smallest absolute Gasteiger partial charge is 0.191 e. The lowest BCUT2D eigenvalue weighted by Crippen LogP contribution is -2.43. The van der Waals surface area contributed by atoms with Crippen molar-refractivity contribution in [2.75, 3.05) is 46.9 Å². The van der Waals surface area contributed by atoms with Crippen LogP contribution in [0.1, 0.15) is 32.3 Å². The van der Waals surface area contributed by atoms with Crippen molar-refractivity contribution in [3.8, 4) is 11.5 Å². The van der Waals surface area contributed by atoms with E-state index < -0.39 is 0 Å². The topological polar surface area (TPSA) is 58.1 Å². The number of hydrogen-bond acceptors (Lipinski definition) is 4. The van der Waals surface area contributed by atoms with Crippen LogP contribution in [-0.2, 0) is 6.54 Å². The number of rotatable bonds is 8. The summed E-state index contributed by atoms with van der Waals surface area (Å²) in [6.45, 7) is 10.2. The molecule has 1 atom stereocenters. The van der Waals surface area contributed by atoms with Gasteiger partial charge in [-0.25, -0.2) is 4.99 Å². The molecule has 1 aliphatic heterocycles. The van der Waals surface area contributed by atoms with Crippen molar-refractivity contribution >= 4 is 5.96 Å². The maximum absolute atomic E-state index is 5.45. The second-order valence-corrected chi connectivity index (χ2v) is 6.85. The maximum atomic E-state index is 5.45. The van der Waals surface area contributed by atoms with Crippen LogP contribution in [0, 0.1) is 5.92 Å². The van der Waals surface area contributed by atoms with E-state index in [1.165, 1.54) is 25.9 Å². The third-order valence-electron chi connectivity index (χ3n) is 4.71. The van der Waals surface area contributed by atoms with Gasteiger partial charge in [0.1, 0.15) is 11.5 Å². The van der Waals surface area contributed by atoms with E-state index in [0.717, 1.165) is 48.6 Å². The van der Waals surface area contributed by atoms with Crippen molar-refractivity contribution < 1.29 is 9.47 Å². The number of piperidine rings is 1. The summed E-state index contributed by atoms with van der Waals surface area (Å²) in [5.41, 5.74) is 1.04. The molecule has 0 radical (unpaired) electrons. The molecule has 0 aromatic heterocycles. The van der Waals surface area contributed by atoms with Gasteiger partial charge >= 0.3 is 0 Å². The Balaban J connectivity index is 1.89. The molecule has 1 aromatic rings. The number of nitrogens with one attached hydrogen (secondary N) is 2. The lowest BCUT2D eigenvalue weighted by Gasteiger charge is -2.30. The third kappa shape index (κ3) is 6.41. The van der Waals surface area contributed by atoms with Gasteiger partial charge in [-0.1, -0.05) is 6.92 Å². The molecular weight excluding hydrogens is 328 g/mol. The summed E-state index contributed by atoms with van der Waals surface area (Å²) in [4.78, 5) is 7.24. The van der Waals surface area contributed by atoms with E-state index in [-0.39, 0.29) is 0 Å². The van der Waals surface area contributed by atoms with E-state index in [1.54, 1.807) is 14.2 Å². The molecule has 26 heavy (non-hydrogen) atoms. The van der Waals surface area contributed by atoms with Gasteiger partial charge in [0.25, 0.3) is 0 Å². The van der Waals surface area contributed by atoms with Crippen LogP contribution in [-0.4, -0.2) is 57.8 Å². The summed E-state index contributed by atoms with van der Waals surface area (Å²) in [6, 6.07) is 5.83. The number of hydrogen-bond donors (Lipinski definition) is 2. The van der Waals surface area contributed by atoms with Gasteiger partial charge in [0.2, 0.25) is 0 Å². The highest BCUT2D eigenvalue weighted by Gasteiger charge is 2.15. The molecule has 0 aliphatic carbocycles. The van der Waals surface area contributed by atoms with Gasteiger partial charge in [0.05, 0.1) is 20.8 Å². The van der Waals surface area contributed by atoms with Gasteiger partial charge in [0, 0.05) is 37.8 Å². The molecule has 1 fully saturated rings. The minimum Gasteiger partial charge on any atom is -0.497 e. The minimum absolute atomic E-state index is 0.559. The molecule has 0 saturated carbocycles. The van der Waals surface area contributed by atoms with Crippen LogP contribution in [0.3, 0.4) is 0 Å². The van der Waals surface area contributed by atoms with Crippen molar-refractivity contribution in [1.29, 1.82) is 0 Å². The monoisotopic (exact) mass is 362 g/mol. The number of nitrogens with zero attached hydrogens (tertiary/aromatic N) is 2. The highest BCUT2D eigenvalue weighted by Crippen LogP contribution is 2.25. The summed E-state index contributed by atoms with van der Waals surface area (Å²) in [7, 11) is 3.33. The average Bonchev–Trinajstić information content (AvgIpc) is 2.66. The Morgan fingerprint density at radius 1 is 1.27 bits per heavy atom. The molecule has 146 valence electrons. The molecule has 1 aromatic carbocycles. The Kier molecular flexibility index (Phi) is 8.54. The Bertz CT molecular complexity index is 577. The molecule has 2 rings (SSSR count). The predicted octanol–water partition coefficient (Wildman–Crippen LogP) is 2.49. The van der Waals surface area contributed by atoms with E-state index in [0.29, 0.717) is 6.54 Å². The standard InChI is InChI=1S/C20H34N4O2/c1-5-21-20(22-10-12-24-11-6-7-16(2)15-24)23-14-17-8-9-18(25-3)13-19(17)26-4/h8-9,13,16H,5-7,10-12,14-15H2,1-4H3,(H2,21,22,23). The maximum Gasteiger partial charge on any atom is 0.191 e. The van der Waals surface area contributed by atoms with Crippen LogP contribution in [0.2, 0.25) is 0 Å². The molecule has 6 heteroatoms. The summed E-state index contributed by atoms with van der Waals surface area (Å²) in [5, 5.41) is 6.76. The SMILES string of the molecule is CCNC(=NCc1ccc(OC)cc1OC)NCCN1CCCC(C)C1. The van der Waals surface area contributed by atoms with E-state index >= 15 is 0 Å². The van der Waals surface area contributed by atoms with Crippen LogP contribution in [0.5, 0.6) is 11.5 Å². The first-order valence-electron chi connectivity index (χ1n) is 9.61. The predicted molar refractivity (Wildman–Crippen MR) is 107 cm³/mol. The van der Waals surface area contributed by atoms with Crippen LogP contribution >= 0.6 is 0 Å². The number of likely N-dealkylation sites (tertiary alicyclic amines) is 1. The van der Waals surface area contributed by atoms with Crippen LogP contribution in [0.4, 0.5) is 0 Å². The number of aliphatic imine (C=N–C) groups is 1. The molecule has 2 N–H and O–H groups in total. The fourth-order valence-corrected chi connectivity index (χ4v) is 3.31. The molecule has 6 nitrogen and oxygen atoms in total. The first kappa shape index (κ1) is 20.4. The summed E-state index contributed by atoms with van der Waals surface area (Å²) >= 11 is 0. The average molecular weight is 363 g/mol. The van der Waals surface area contributed by atoms with Gasteiger partial charge in [0.15, 0.2) is 5.96 Å². The van der Waals surface area contributed by atoms with Gasteiger partial charge in [-0.3, -0.25) is 0 Å². The van der Waals surface area contributed by atoms with Crippen LogP contribution in [0.15, 0.2) is 23.2 Å². The lowest BCUT2D eigenvalue weighted by molar-refractivity contribution is 0.187. The lowest BCUT2D eigenvalue weighted by atomic mass is 10.0. The van der Waals surface area contributed by atoms with Crippen molar-refractivity contribution in [2.45, 2.75) is 33.2 Å². The zero-order chi connectivity index (χ0) is 18.8. The minimum atomic E-state index is 0.559. The van der Waals surface area contributed by atoms with Crippen molar-refractivity contribution in [3.05, 3.63) is 23.8 Å². The highest BCUT2D eigenvalue weighted by molar-refractivity contribution is 5.79. The first-order chi connectivity index (χ1) is 12.7. The number of methoxy groups -OCH3 is 2. The number of ether oxygens (including phenoxy) is 2. The van der Waals surface area contributed by atoms with E-state index in [2.05, 4.69) is 29.4 Å². The fraction of sp³-hybridized carbons (Fsp3) is 0.650. The zero-order valence-electron chi connectivity index (χ0n) is 16.7. The molecule has 0 spiro atoms. The van der Waals surface area contributed by atoms with E-state index in [1.807, 2.05) is 18.2 Å². The second kappa shape index (κ2) is 10.9. The fourth-order valence-electron chi connectivity index (χ4n) is 3.31. The van der Waals surface area contributed by atoms with Crippen molar-refractivity contribution in [1.82, 2.24) is 15.5 Å². The summed E-state index contributed by atoms with van der Waals surface area (Å²) in [5.74, 6) is 3.24. The number of benzene rings is 1. The molecule has 1 aliphatic rings. The van der Waals surface area contributed by atoms with Crippen molar-refractivity contribution in [2.24, 2.45) is 10.9 Å². The molecular formula is C20H34N4O2. The van der Waals surface area contributed by atoms with Gasteiger partial charge < -0.3 is 25.0 Å². The zero-order valence-corrected chi connectivity index (χ0v) is 16.7. The van der Waals surface area contributed by atoms with Crippen LogP contribution in [0.25, 0.3) is 0 Å². The Morgan fingerprint density at radius 2 is 2.12 bits per heavy atom. The summed E-state index contributed by atoms with van der Waals surface area (Å²) < 4.78 is 10.7. The Labute approximate surface area is 158 Å². The molecule has 0 bridgehead atoms. The first-order valence-corrected chi connectivity index (χ1v) is 9.61. The molecule has 1 saturated heterocycles. The highest BCUT2D eigenvalue weighted by atomic mass is 16.5. The number of guanidine groups is 1. The van der Waals surface area contributed by atoms with E-state index in [9.17, 15) is 0 Å². The van der Waals surface area contributed by atoms with Crippen LogP contribution < -0.4 is 20.1 Å². The third-order valence-corrected chi connectivity index (χ3v) is 4.71. The van der Waals surface area contributed by atoms with Crippen molar-refractivity contribution in [3.63, 3.8) is 0 Å².